The van der Waals surface area contributed by atoms with E-state index in [9.17, 15) is 0 Å². The minimum absolute atomic E-state index is 0.336. The van der Waals surface area contributed by atoms with Crippen molar-refractivity contribution >= 4 is 21.6 Å². The normalized spacial score (nSPS) is 11.9. The Balaban J connectivity index is 2.82. The Bertz CT molecular complexity index is 426. The molecule has 0 aliphatic rings. The molecule has 1 rings (SSSR count). The highest BCUT2D eigenvalue weighted by Gasteiger charge is 2.10. The van der Waals surface area contributed by atoms with Crippen molar-refractivity contribution in [3.8, 4) is 6.07 Å². The van der Waals surface area contributed by atoms with Gasteiger partial charge in [-0.25, -0.2) is 0 Å². The molecule has 3 nitrogen and oxygen atoms in total. The van der Waals surface area contributed by atoms with E-state index in [2.05, 4.69) is 64.3 Å². The molecule has 0 radical (unpaired) electrons. The zero-order valence-corrected chi connectivity index (χ0v) is 12.8. The van der Waals surface area contributed by atoms with E-state index < -0.39 is 0 Å². The molecule has 0 saturated carbocycles. The van der Waals surface area contributed by atoms with Gasteiger partial charge in [-0.2, -0.15) is 5.26 Å². The SMILES string of the molecule is CCNC(C)c1ccc(N(C)CCC#N)cc1Br. The van der Waals surface area contributed by atoms with Crippen molar-refractivity contribution < 1.29 is 0 Å². The topological polar surface area (TPSA) is 39.1 Å². The average Bonchev–Trinajstić information content (AvgIpc) is 2.35. The van der Waals surface area contributed by atoms with Crippen molar-refractivity contribution in [1.29, 1.82) is 5.26 Å². The maximum atomic E-state index is 8.60. The van der Waals surface area contributed by atoms with Crippen LogP contribution in [0.2, 0.25) is 0 Å². The van der Waals surface area contributed by atoms with Crippen LogP contribution in [-0.2, 0) is 0 Å². The van der Waals surface area contributed by atoms with Crippen molar-refractivity contribution in [2.45, 2.75) is 26.3 Å². The first kappa shape index (κ1) is 15.0. The Morgan fingerprint density at radius 1 is 1.50 bits per heavy atom. The first-order valence-electron chi connectivity index (χ1n) is 6.21. The highest BCUT2D eigenvalue weighted by Crippen LogP contribution is 2.27. The Hall–Kier alpha value is -1.05. The van der Waals surface area contributed by atoms with Crippen LogP contribution in [0.5, 0.6) is 0 Å². The summed E-state index contributed by atoms with van der Waals surface area (Å²) in [6, 6.07) is 8.85. The molecule has 0 bridgehead atoms. The molecule has 98 valence electrons. The van der Waals surface area contributed by atoms with E-state index in [1.54, 1.807) is 0 Å². The summed E-state index contributed by atoms with van der Waals surface area (Å²) < 4.78 is 1.11. The van der Waals surface area contributed by atoms with E-state index in [1.807, 2.05) is 7.05 Å². The molecule has 18 heavy (non-hydrogen) atoms. The monoisotopic (exact) mass is 309 g/mol. The molecule has 0 aromatic heterocycles. The van der Waals surface area contributed by atoms with Crippen molar-refractivity contribution in [1.82, 2.24) is 5.32 Å². The second-order valence-corrected chi connectivity index (χ2v) is 5.17. The molecule has 0 aliphatic heterocycles. The second kappa shape index (κ2) is 7.40. The van der Waals surface area contributed by atoms with Gasteiger partial charge < -0.3 is 10.2 Å². The fourth-order valence-corrected chi connectivity index (χ4v) is 2.58. The molecule has 0 amide bonds. The van der Waals surface area contributed by atoms with Crippen molar-refractivity contribution in [2.24, 2.45) is 0 Å². The molecular formula is C14H20BrN3. The van der Waals surface area contributed by atoms with E-state index in [-0.39, 0.29) is 0 Å². The first-order chi connectivity index (χ1) is 8.60. The number of benzene rings is 1. The van der Waals surface area contributed by atoms with Crippen LogP contribution in [0.15, 0.2) is 22.7 Å². The number of anilines is 1. The summed E-state index contributed by atoms with van der Waals surface area (Å²) >= 11 is 3.62. The maximum Gasteiger partial charge on any atom is 0.0640 e. The number of nitrogens with zero attached hydrogens (tertiary/aromatic N) is 2. The fraction of sp³-hybridized carbons (Fsp3) is 0.500. The fourth-order valence-electron chi connectivity index (χ4n) is 1.87. The van der Waals surface area contributed by atoms with Crippen LogP contribution >= 0.6 is 15.9 Å². The third kappa shape index (κ3) is 4.01. The van der Waals surface area contributed by atoms with Crippen molar-refractivity contribution in [3.05, 3.63) is 28.2 Å². The van der Waals surface area contributed by atoms with Gasteiger partial charge in [0.05, 0.1) is 12.5 Å². The Morgan fingerprint density at radius 2 is 2.22 bits per heavy atom. The van der Waals surface area contributed by atoms with Crippen molar-refractivity contribution in [3.63, 3.8) is 0 Å². The van der Waals surface area contributed by atoms with Crippen LogP contribution in [0.3, 0.4) is 0 Å². The number of rotatable bonds is 6. The molecule has 0 heterocycles. The first-order valence-corrected chi connectivity index (χ1v) is 7.00. The lowest BCUT2D eigenvalue weighted by Crippen LogP contribution is -2.20. The van der Waals surface area contributed by atoms with E-state index in [1.165, 1.54) is 5.56 Å². The maximum absolute atomic E-state index is 8.60. The van der Waals surface area contributed by atoms with Crippen LogP contribution < -0.4 is 10.2 Å². The smallest absolute Gasteiger partial charge is 0.0640 e. The van der Waals surface area contributed by atoms with Gasteiger partial charge in [0, 0.05) is 29.8 Å². The van der Waals surface area contributed by atoms with Gasteiger partial charge in [0.1, 0.15) is 0 Å². The molecular weight excluding hydrogens is 290 g/mol. The van der Waals surface area contributed by atoms with Gasteiger partial charge in [-0.1, -0.05) is 28.9 Å². The lowest BCUT2D eigenvalue weighted by molar-refractivity contribution is 0.596. The standard InChI is InChI=1S/C14H20BrN3/c1-4-17-11(2)13-7-6-12(10-14(13)15)18(3)9-5-8-16/h6-7,10-11,17H,4-5,9H2,1-3H3. The largest absolute Gasteiger partial charge is 0.374 e. The predicted octanol–water partition coefficient (Wildman–Crippen LogP) is 3.47. The van der Waals surface area contributed by atoms with Crippen molar-refractivity contribution in [2.75, 3.05) is 25.0 Å². The summed E-state index contributed by atoms with van der Waals surface area (Å²) in [4.78, 5) is 2.09. The highest BCUT2D eigenvalue weighted by atomic mass is 79.9. The van der Waals surface area contributed by atoms with Gasteiger partial charge in [-0.05, 0) is 31.2 Å². The quantitative estimate of drug-likeness (QED) is 0.874. The molecule has 1 aromatic carbocycles. The zero-order valence-electron chi connectivity index (χ0n) is 11.2. The molecule has 4 heteroatoms. The summed E-state index contributed by atoms with van der Waals surface area (Å²) in [5.74, 6) is 0. The molecule has 1 atom stereocenters. The lowest BCUT2D eigenvalue weighted by atomic mass is 10.1. The number of nitriles is 1. The van der Waals surface area contributed by atoms with Gasteiger partial charge in [-0.3, -0.25) is 0 Å². The Labute approximate surface area is 118 Å². The third-order valence-corrected chi connectivity index (χ3v) is 3.65. The molecule has 0 spiro atoms. The highest BCUT2D eigenvalue weighted by molar-refractivity contribution is 9.10. The average molecular weight is 310 g/mol. The van der Waals surface area contributed by atoms with Crippen LogP contribution in [-0.4, -0.2) is 20.1 Å². The van der Waals surface area contributed by atoms with Crippen LogP contribution in [0.25, 0.3) is 0 Å². The minimum Gasteiger partial charge on any atom is -0.374 e. The summed E-state index contributed by atoms with van der Waals surface area (Å²) in [5.41, 5.74) is 2.39. The summed E-state index contributed by atoms with van der Waals surface area (Å²) in [7, 11) is 2.01. The lowest BCUT2D eigenvalue weighted by Gasteiger charge is -2.21. The molecule has 0 aliphatic carbocycles. The predicted molar refractivity (Wildman–Crippen MR) is 79.7 cm³/mol. The van der Waals surface area contributed by atoms with E-state index in [0.29, 0.717) is 12.5 Å². The van der Waals surface area contributed by atoms with Crippen LogP contribution in [0, 0.1) is 11.3 Å². The molecule has 0 saturated heterocycles. The third-order valence-electron chi connectivity index (χ3n) is 2.96. The zero-order chi connectivity index (χ0) is 13.5. The van der Waals surface area contributed by atoms with Gasteiger partial charge >= 0.3 is 0 Å². The van der Waals surface area contributed by atoms with E-state index >= 15 is 0 Å². The molecule has 1 unspecified atom stereocenters. The molecule has 1 aromatic rings. The summed E-state index contributed by atoms with van der Waals surface area (Å²) in [6.07, 6.45) is 0.545. The van der Waals surface area contributed by atoms with Crippen LogP contribution in [0.4, 0.5) is 5.69 Å². The minimum atomic E-state index is 0.336. The number of hydrogen-bond acceptors (Lipinski definition) is 3. The number of halogens is 1. The van der Waals surface area contributed by atoms with E-state index in [0.717, 1.165) is 23.2 Å². The van der Waals surface area contributed by atoms with Crippen LogP contribution in [0.1, 0.15) is 31.9 Å². The summed E-state index contributed by atoms with van der Waals surface area (Å²) in [6.45, 7) is 5.97. The molecule has 0 fully saturated rings. The number of hydrogen-bond donors (Lipinski definition) is 1. The van der Waals surface area contributed by atoms with E-state index in [4.69, 9.17) is 5.26 Å². The van der Waals surface area contributed by atoms with Gasteiger partial charge in [0.25, 0.3) is 0 Å². The summed E-state index contributed by atoms with van der Waals surface area (Å²) in [5, 5.41) is 12.0. The Morgan fingerprint density at radius 3 is 2.78 bits per heavy atom. The van der Waals surface area contributed by atoms with Gasteiger partial charge in [-0.15, -0.1) is 0 Å². The molecule has 1 N–H and O–H groups in total. The Kier molecular flexibility index (Phi) is 6.17. The second-order valence-electron chi connectivity index (χ2n) is 4.31. The number of nitrogens with one attached hydrogen (secondary N) is 1. The van der Waals surface area contributed by atoms with Gasteiger partial charge in [0.15, 0.2) is 0 Å². The van der Waals surface area contributed by atoms with Gasteiger partial charge in [0.2, 0.25) is 0 Å².